The van der Waals surface area contributed by atoms with Crippen LogP contribution in [0.15, 0.2) is 12.1 Å². The predicted octanol–water partition coefficient (Wildman–Crippen LogP) is 2.07. The molecule has 1 fully saturated rings. The second-order valence-electron chi connectivity index (χ2n) is 4.15. The molecule has 0 amide bonds. The first kappa shape index (κ1) is 10.9. The minimum Gasteiger partial charge on any atom is -0.303 e. The fraction of sp³-hybridized carbons (Fsp3) is 0.500. The van der Waals surface area contributed by atoms with Gasteiger partial charge in [0.1, 0.15) is 5.82 Å². The van der Waals surface area contributed by atoms with E-state index in [1.54, 1.807) is 12.1 Å². The molecule has 1 aliphatic rings. The molecule has 0 aliphatic carbocycles. The second-order valence-corrected chi connectivity index (χ2v) is 4.15. The van der Waals surface area contributed by atoms with Crippen molar-refractivity contribution in [3.8, 4) is 6.07 Å². The van der Waals surface area contributed by atoms with Crippen molar-refractivity contribution >= 4 is 5.82 Å². The van der Waals surface area contributed by atoms with Gasteiger partial charge in [0.15, 0.2) is 0 Å². The van der Waals surface area contributed by atoms with E-state index in [4.69, 9.17) is 5.26 Å². The molecule has 0 bridgehead atoms. The number of nitrogens with one attached hydrogen (secondary N) is 1. The van der Waals surface area contributed by atoms with Gasteiger partial charge in [0.25, 0.3) is 0 Å². The SMILES string of the molecule is Cc1cc(C#N)cc(NN2CCCCC2)n1. The van der Waals surface area contributed by atoms with Crippen molar-refractivity contribution in [1.29, 1.82) is 5.26 Å². The summed E-state index contributed by atoms with van der Waals surface area (Å²) in [6, 6.07) is 5.73. The summed E-state index contributed by atoms with van der Waals surface area (Å²) in [6.07, 6.45) is 3.76. The lowest BCUT2D eigenvalue weighted by atomic mass is 10.2. The summed E-state index contributed by atoms with van der Waals surface area (Å²) in [7, 11) is 0. The molecule has 0 atom stereocenters. The lowest BCUT2D eigenvalue weighted by Crippen LogP contribution is -2.35. The van der Waals surface area contributed by atoms with Crippen LogP contribution in [0.3, 0.4) is 0 Å². The largest absolute Gasteiger partial charge is 0.303 e. The Morgan fingerprint density at radius 1 is 1.31 bits per heavy atom. The van der Waals surface area contributed by atoms with Crippen LogP contribution in [-0.4, -0.2) is 23.1 Å². The first-order valence-electron chi connectivity index (χ1n) is 5.68. The highest BCUT2D eigenvalue weighted by Crippen LogP contribution is 2.13. The maximum absolute atomic E-state index is 8.87. The van der Waals surface area contributed by atoms with Gasteiger partial charge in [0.05, 0.1) is 11.6 Å². The topological polar surface area (TPSA) is 52.0 Å². The zero-order valence-corrected chi connectivity index (χ0v) is 9.53. The molecule has 4 nitrogen and oxygen atoms in total. The van der Waals surface area contributed by atoms with Crippen LogP contribution < -0.4 is 5.43 Å². The Bertz CT molecular complexity index is 402. The maximum atomic E-state index is 8.87. The smallest absolute Gasteiger partial charge is 0.141 e. The van der Waals surface area contributed by atoms with Crippen molar-refractivity contribution in [2.75, 3.05) is 18.5 Å². The van der Waals surface area contributed by atoms with Crippen LogP contribution in [0, 0.1) is 18.3 Å². The van der Waals surface area contributed by atoms with Gasteiger partial charge >= 0.3 is 0 Å². The molecular formula is C12H16N4. The third-order valence-corrected chi connectivity index (χ3v) is 2.71. The van der Waals surface area contributed by atoms with E-state index >= 15 is 0 Å². The van der Waals surface area contributed by atoms with Gasteiger partial charge in [-0.05, 0) is 31.9 Å². The van der Waals surface area contributed by atoms with E-state index in [-0.39, 0.29) is 0 Å². The molecule has 16 heavy (non-hydrogen) atoms. The summed E-state index contributed by atoms with van der Waals surface area (Å²) >= 11 is 0. The molecule has 0 aromatic carbocycles. The number of hydrogen-bond acceptors (Lipinski definition) is 4. The summed E-state index contributed by atoms with van der Waals surface area (Å²) < 4.78 is 0. The fourth-order valence-corrected chi connectivity index (χ4v) is 1.96. The molecule has 0 unspecified atom stereocenters. The minimum atomic E-state index is 0.659. The highest BCUT2D eigenvalue weighted by atomic mass is 15.5. The van der Waals surface area contributed by atoms with Gasteiger partial charge in [0.2, 0.25) is 0 Å². The van der Waals surface area contributed by atoms with E-state index < -0.39 is 0 Å². The van der Waals surface area contributed by atoms with Gasteiger partial charge in [-0.3, -0.25) is 0 Å². The summed E-state index contributed by atoms with van der Waals surface area (Å²) in [5.74, 6) is 0.776. The number of piperidine rings is 1. The average molecular weight is 216 g/mol. The van der Waals surface area contributed by atoms with Crippen LogP contribution in [0.5, 0.6) is 0 Å². The normalized spacial score (nSPS) is 16.8. The molecule has 1 saturated heterocycles. The highest BCUT2D eigenvalue weighted by molar-refractivity contribution is 5.43. The van der Waals surface area contributed by atoms with Crippen LogP contribution in [-0.2, 0) is 0 Å². The Hall–Kier alpha value is -1.60. The Labute approximate surface area is 95.9 Å². The number of anilines is 1. The van der Waals surface area contributed by atoms with Gasteiger partial charge in [0, 0.05) is 18.8 Å². The van der Waals surface area contributed by atoms with Crippen molar-refractivity contribution in [2.24, 2.45) is 0 Å². The van der Waals surface area contributed by atoms with Gasteiger partial charge in [-0.15, -0.1) is 0 Å². The van der Waals surface area contributed by atoms with Crippen LogP contribution in [0.4, 0.5) is 5.82 Å². The molecule has 0 saturated carbocycles. The van der Waals surface area contributed by atoms with E-state index in [0.29, 0.717) is 5.56 Å². The molecule has 0 radical (unpaired) electrons. The second kappa shape index (κ2) is 4.95. The van der Waals surface area contributed by atoms with Crippen molar-refractivity contribution in [3.63, 3.8) is 0 Å². The first-order chi connectivity index (χ1) is 7.78. The van der Waals surface area contributed by atoms with E-state index in [1.165, 1.54) is 19.3 Å². The lowest BCUT2D eigenvalue weighted by Gasteiger charge is -2.27. The molecule has 1 aliphatic heterocycles. The number of hydrogen-bond donors (Lipinski definition) is 1. The van der Waals surface area contributed by atoms with Crippen molar-refractivity contribution in [3.05, 3.63) is 23.4 Å². The summed E-state index contributed by atoms with van der Waals surface area (Å²) in [5.41, 5.74) is 4.80. The van der Waals surface area contributed by atoms with E-state index in [0.717, 1.165) is 24.6 Å². The number of nitriles is 1. The molecular weight excluding hydrogens is 200 g/mol. The highest BCUT2D eigenvalue weighted by Gasteiger charge is 2.10. The number of pyridine rings is 1. The zero-order valence-electron chi connectivity index (χ0n) is 9.53. The monoisotopic (exact) mass is 216 g/mol. The molecule has 2 heterocycles. The van der Waals surface area contributed by atoms with E-state index in [1.807, 2.05) is 6.92 Å². The Morgan fingerprint density at radius 2 is 2.06 bits per heavy atom. The number of aryl methyl sites for hydroxylation is 1. The summed E-state index contributed by atoms with van der Waals surface area (Å²) in [5, 5.41) is 11.0. The molecule has 1 aromatic rings. The molecule has 84 valence electrons. The predicted molar refractivity (Wildman–Crippen MR) is 62.7 cm³/mol. The Balaban J connectivity index is 2.08. The van der Waals surface area contributed by atoms with Crippen LogP contribution in [0.25, 0.3) is 0 Å². The number of aromatic nitrogens is 1. The maximum Gasteiger partial charge on any atom is 0.141 e. The van der Waals surface area contributed by atoms with Crippen molar-refractivity contribution in [1.82, 2.24) is 9.99 Å². The number of nitrogens with zero attached hydrogens (tertiary/aromatic N) is 3. The standard InChI is InChI=1S/C12H16N4/c1-10-7-11(9-13)8-12(14-10)15-16-5-3-2-4-6-16/h7-8H,2-6H2,1H3,(H,14,15). The third-order valence-electron chi connectivity index (χ3n) is 2.71. The summed E-state index contributed by atoms with van der Waals surface area (Å²) in [4.78, 5) is 4.37. The Kier molecular flexibility index (Phi) is 3.37. The van der Waals surface area contributed by atoms with Crippen molar-refractivity contribution in [2.45, 2.75) is 26.2 Å². The molecule has 0 spiro atoms. The van der Waals surface area contributed by atoms with Crippen LogP contribution >= 0.6 is 0 Å². The minimum absolute atomic E-state index is 0.659. The number of hydrazine groups is 1. The van der Waals surface area contributed by atoms with Gasteiger partial charge < -0.3 is 5.43 Å². The first-order valence-corrected chi connectivity index (χ1v) is 5.68. The molecule has 4 heteroatoms. The van der Waals surface area contributed by atoms with Crippen molar-refractivity contribution < 1.29 is 0 Å². The van der Waals surface area contributed by atoms with Crippen LogP contribution in [0.2, 0.25) is 0 Å². The fourth-order valence-electron chi connectivity index (χ4n) is 1.96. The molecule has 1 aromatic heterocycles. The molecule has 2 rings (SSSR count). The average Bonchev–Trinajstić information content (AvgIpc) is 2.29. The lowest BCUT2D eigenvalue weighted by molar-refractivity contribution is 0.272. The molecule has 1 N–H and O–H groups in total. The third kappa shape index (κ3) is 2.71. The van der Waals surface area contributed by atoms with Gasteiger partial charge in [-0.2, -0.15) is 5.26 Å². The quantitative estimate of drug-likeness (QED) is 0.822. The van der Waals surface area contributed by atoms with E-state index in [2.05, 4.69) is 21.5 Å². The van der Waals surface area contributed by atoms with Gasteiger partial charge in [-0.25, -0.2) is 9.99 Å². The number of rotatable bonds is 2. The van der Waals surface area contributed by atoms with Crippen LogP contribution in [0.1, 0.15) is 30.5 Å². The van der Waals surface area contributed by atoms with E-state index in [9.17, 15) is 0 Å². The zero-order chi connectivity index (χ0) is 11.4. The Morgan fingerprint density at radius 3 is 2.75 bits per heavy atom. The van der Waals surface area contributed by atoms with Gasteiger partial charge in [-0.1, -0.05) is 6.42 Å². The summed E-state index contributed by atoms with van der Waals surface area (Å²) in [6.45, 7) is 4.01.